The average molecular weight is 444 g/mol. The Kier molecular flexibility index (Phi) is 5.99. The molecule has 29 heavy (non-hydrogen) atoms. The average Bonchev–Trinajstić information content (AvgIpc) is 2.74. The Morgan fingerprint density at radius 3 is 2.17 bits per heavy atom. The molecule has 2 aromatic rings. The number of amides is 1. The molecule has 0 bridgehead atoms. The van der Waals surface area contributed by atoms with Crippen LogP contribution in [0.1, 0.15) is 23.1 Å². The predicted molar refractivity (Wildman–Crippen MR) is 88.1 cm³/mol. The Bertz CT molecular complexity index is 1040. The van der Waals surface area contributed by atoms with E-state index in [1.165, 1.54) is 4.72 Å². The van der Waals surface area contributed by atoms with Gasteiger partial charge in [0.15, 0.2) is 5.82 Å². The van der Waals surface area contributed by atoms with Crippen molar-refractivity contribution in [3.8, 4) is 0 Å². The molecule has 0 saturated carbocycles. The van der Waals surface area contributed by atoms with Crippen LogP contribution in [-0.2, 0) is 17.1 Å². The lowest BCUT2D eigenvalue weighted by atomic mass is 10.3. The molecule has 0 aliphatic carbocycles. The number of hydrogen-bond donors (Lipinski definition) is 2. The monoisotopic (exact) mass is 444 g/mol. The largest absolute Gasteiger partial charge is 0.404 e. The lowest BCUT2D eigenvalue weighted by Gasteiger charge is -2.17. The van der Waals surface area contributed by atoms with Gasteiger partial charge in [0.05, 0.1) is 5.69 Å². The van der Waals surface area contributed by atoms with Gasteiger partial charge in [0.1, 0.15) is 16.6 Å². The van der Waals surface area contributed by atoms with Crippen LogP contribution >= 0.6 is 0 Å². The van der Waals surface area contributed by atoms with Gasteiger partial charge in [0.2, 0.25) is 21.9 Å². The van der Waals surface area contributed by atoms with E-state index >= 15 is 0 Å². The molecule has 0 aliphatic rings. The zero-order chi connectivity index (χ0) is 22.3. The minimum absolute atomic E-state index is 0.374. The molecular formula is C15H14F6N4O3S. The van der Waals surface area contributed by atoms with Crippen LogP contribution < -0.4 is 10.0 Å². The Balaban J connectivity index is 2.45. The van der Waals surface area contributed by atoms with Gasteiger partial charge in [-0.25, -0.2) is 12.8 Å². The van der Waals surface area contributed by atoms with Crippen molar-refractivity contribution in [1.82, 2.24) is 14.3 Å². The van der Waals surface area contributed by atoms with E-state index < -0.39 is 62.1 Å². The van der Waals surface area contributed by atoms with Crippen molar-refractivity contribution < 1.29 is 39.6 Å². The number of alkyl halides is 3. The Morgan fingerprint density at radius 1 is 1.17 bits per heavy atom. The molecular weight excluding hydrogens is 430 g/mol. The van der Waals surface area contributed by atoms with Crippen LogP contribution in [0.3, 0.4) is 0 Å². The van der Waals surface area contributed by atoms with E-state index in [2.05, 4.69) is 4.98 Å². The third-order valence-electron chi connectivity index (χ3n) is 3.90. The molecule has 0 fully saturated rings. The van der Waals surface area contributed by atoms with Gasteiger partial charge in [-0.15, -0.1) is 0 Å². The molecule has 0 saturated heterocycles. The van der Waals surface area contributed by atoms with Gasteiger partial charge in [-0.3, -0.25) is 4.79 Å². The maximum absolute atomic E-state index is 14.8. The number of pyridine rings is 1. The number of anilines is 1. The van der Waals surface area contributed by atoms with E-state index in [1.54, 1.807) is 0 Å². The maximum Gasteiger partial charge on any atom is 0.404 e. The SMILES string of the molecule is Cc1c(S(=O)(=O)N[C@H](C)C(F)(F)F)c(F)c(C(=O)Nc2cc(F)nc(F)c2)n1C. The molecule has 0 unspecified atom stereocenters. The number of halogens is 6. The van der Waals surface area contributed by atoms with Gasteiger partial charge in [-0.1, -0.05) is 0 Å². The first-order chi connectivity index (χ1) is 13.1. The smallest absolute Gasteiger partial charge is 0.340 e. The number of nitrogens with zero attached hydrogens (tertiary/aromatic N) is 2. The third kappa shape index (κ3) is 4.70. The van der Waals surface area contributed by atoms with Gasteiger partial charge in [0.25, 0.3) is 5.91 Å². The molecule has 14 heteroatoms. The summed E-state index contributed by atoms with van der Waals surface area (Å²) in [4.78, 5) is 14.0. The molecule has 2 aromatic heterocycles. The van der Waals surface area contributed by atoms with Crippen molar-refractivity contribution in [2.75, 3.05) is 5.32 Å². The van der Waals surface area contributed by atoms with Crippen molar-refractivity contribution in [2.24, 2.45) is 7.05 Å². The lowest BCUT2D eigenvalue weighted by Crippen LogP contribution is -2.43. The van der Waals surface area contributed by atoms with Crippen LogP contribution in [0.15, 0.2) is 17.0 Å². The number of sulfonamides is 1. The summed E-state index contributed by atoms with van der Waals surface area (Å²) in [5.41, 5.74) is -1.69. The highest BCUT2D eigenvalue weighted by Gasteiger charge is 2.41. The highest BCUT2D eigenvalue weighted by molar-refractivity contribution is 7.89. The molecule has 0 aliphatic heterocycles. The van der Waals surface area contributed by atoms with Gasteiger partial charge in [-0.2, -0.15) is 31.7 Å². The van der Waals surface area contributed by atoms with Crippen molar-refractivity contribution >= 4 is 21.6 Å². The summed E-state index contributed by atoms with van der Waals surface area (Å²) < 4.78 is 106. The zero-order valence-corrected chi connectivity index (χ0v) is 15.8. The van der Waals surface area contributed by atoms with Crippen molar-refractivity contribution in [3.63, 3.8) is 0 Å². The zero-order valence-electron chi connectivity index (χ0n) is 15.0. The quantitative estimate of drug-likeness (QED) is 0.548. The Hall–Kier alpha value is -2.61. The molecule has 2 heterocycles. The Labute approximate surface area is 160 Å². The van der Waals surface area contributed by atoms with Crippen LogP contribution in [0.25, 0.3) is 0 Å². The third-order valence-corrected chi connectivity index (χ3v) is 5.58. The summed E-state index contributed by atoms with van der Waals surface area (Å²) in [6.07, 6.45) is -4.93. The molecule has 1 atom stereocenters. The summed E-state index contributed by atoms with van der Waals surface area (Å²) in [6, 6.07) is -1.27. The number of nitrogens with one attached hydrogen (secondary N) is 2. The van der Waals surface area contributed by atoms with Crippen LogP contribution in [-0.4, -0.2) is 36.1 Å². The number of carbonyl (C=O) groups excluding carboxylic acids is 1. The van der Waals surface area contributed by atoms with E-state index in [1.807, 2.05) is 5.32 Å². The highest BCUT2D eigenvalue weighted by atomic mass is 32.2. The van der Waals surface area contributed by atoms with Crippen LogP contribution in [0.2, 0.25) is 0 Å². The van der Waals surface area contributed by atoms with Crippen LogP contribution in [0.4, 0.5) is 32.0 Å². The van der Waals surface area contributed by atoms with Crippen LogP contribution in [0.5, 0.6) is 0 Å². The molecule has 7 nitrogen and oxygen atoms in total. The molecule has 2 N–H and O–H groups in total. The van der Waals surface area contributed by atoms with E-state index in [4.69, 9.17) is 0 Å². The molecule has 160 valence electrons. The van der Waals surface area contributed by atoms with Gasteiger partial charge < -0.3 is 9.88 Å². The Morgan fingerprint density at radius 2 is 1.69 bits per heavy atom. The molecule has 0 spiro atoms. The van der Waals surface area contributed by atoms with E-state index in [0.717, 1.165) is 18.5 Å². The highest BCUT2D eigenvalue weighted by Crippen LogP contribution is 2.28. The first kappa shape index (κ1) is 22.7. The topological polar surface area (TPSA) is 93.1 Å². The fraction of sp³-hybridized carbons (Fsp3) is 0.333. The van der Waals surface area contributed by atoms with Gasteiger partial charge in [0, 0.05) is 24.9 Å². The summed E-state index contributed by atoms with van der Waals surface area (Å²) in [5.74, 6) is -5.47. The van der Waals surface area contributed by atoms with E-state index in [-0.39, 0.29) is 5.69 Å². The van der Waals surface area contributed by atoms with Crippen LogP contribution in [0, 0.1) is 24.6 Å². The molecule has 0 aromatic carbocycles. The fourth-order valence-corrected chi connectivity index (χ4v) is 3.96. The molecule has 0 radical (unpaired) electrons. The minimum atomic E-state index is -5.00. The molecule has 1 amide bonds. The second-order valence-corrected chi connectivity index (χ2v) is 7.63. The van der Waals surface area contributed by atoms with Crippen molar-refractivity contribution in [3.05, 3.63) is 41.2 Å². The number of rotatable bonds is 5. The normalized spacial score (nSPS) is 13.4. The van der Waals surface area contributed by atoms with Crippen molar-refractivity contribution in [2.45, 2.75) is 31.0 Å². The number of aromatic nitrogens is 2. The second kappa shape index (κ2) is 7.67. The summed E-state index contributed by atoms with van der Waals surface area (Å²) in [7, 11) is -3.91. The van der Waals surface area contributed by atoms with E-state index in [9.17, 15) is 39.6 Å². The van der Waals surface area contributed by atoms with E-state index in [0.29, 0.717) is 19.1 Å². The summed E-state index contributed by atoms with van der Waals surface area (Å²) in [5, 5.41) is 1.96. The second-order valence-electron chi connectivity index (χ2n) is 5.98. The lowest BCUT2D eigenvalue weighted by molar-refractivity contribution is -0.147. The maximum atomic E-state index is 14.8. The first-order valence-corrected chi connectivity index (χ1v) is 9.21. The number of carbonyl (C=O) groups is 1. The molecule has 2 rings (SSSR count). The minimum Gasteiger partial charge on any atom is -0.340 e. The van der Waals surface area contributed by atoms with Gasteiger partial charge in [-0.05, 0) is 13.8 Å². The number of hydrogen-bond acceptors (Lipinski definition) is 4. The summed E-state index contributed by atoms with van der Waals surface area (Å²) in [6.45, 7) is 1.59. The summed E-state index contributed by atoms with van der Waals surface area (Å²) >= 11 is 0. The standard InChI is InChI=1S/C15H14F6N4O3S/c1-6-13(29(27,28)24-7(2)15(19,20)21)11(18)12(25(6)3)14(26)22-8-4-9(16)23-10(17)5-8/h4-5,7,24H,1-3H3,(H,22,23,26)/t7-/m1/s1. The predicted octanol–water partition coefficient (Wildman–Crippen LogP) is 2.63. The van der Waals surface area contributed by atoms with Gasteiger partial charge >= 0.3 is 6.18 Å². The van der Waals surface area contributed by atoms with Crippen molar-refractivity contribution in [1.29, 1.82) is 0 Å². The fourth-order valence-electron chi connectivity index (χ4n) is 2.38. The first-order valence-electron chi connectivity index (χ1n) is 7.73.